The zero-order valence-corrected chi connectivity index (χ0v) is 12.5. The molecule has 0 saturated heterocycles. The number of carbonyl (C=O) groups excluding carboxylic acids is 1. The molecular formula is C12H12BrF3N2O3. The zero-order valence-electron chi connectivity index (χ0n) is 10.9. The molecule has 0 aromatic heterocycles. The number of amides is 1. The number of hydrogen-bond acceptors (Lipinski definition) is 4. The van der Waals surface area contributed by atoms with Crippen LogP contribution in [0.4, 0.5) is 18.9 Å². The van der Waals surface area contributed by atoms with Crippen LogP contribution >= 0.6 is 15.9 Å². The van der Waals surface area contributed by atoms with Gasteiger partial charge < -0.3 is 20.5 Å². The standard InChI is InChI=1S/C12H12BrF3N2O3/c1-11(17,12(14,15)16)10(19)18-7-5-9-8(4-6(7)13)20-2-3-21-9/h4-5H,2-3,17H2,1H3,(H,18,19). The number of anilines is 1. The van der Waals surface area contributed by atoms with E-state index in [0.717, 1.165) is 0 Å². The number of benzene rings is 1. The normalized spacial score (nSPS) is 17.0. The second kappa shape index (κ2) is 5.38. The van der Waals surface area contributed by atoms with E-state index in [9.17, 15) is 18.0 Å². The van der Waals surface area contributed by atoms with E-state index in [0.29, 0.717) is 36.1 Å². The number of alkyl halides is 3. The van der Waals surface area contributed by atoms with Crippen molar-refractivity contribution in [2.75, 3.05) is 18.5 Å². The third-order valence-electron chi connectivity index (χ3n) is 2.94. The van der Waals surface area contributed by atoms with Crippen LogP contribution in [-0.4, -0.2) is 30.8 Å². The summed E-state index contributed by atoms with van der Waals surface area (Å²) in [4.78, 5) is 11.8. The first-order chi connectivity index (χ1) is 9.63. The minimum absolute atomic E-state index is 0.116. The van der Waals surface area contributed by atoms with Gasteiger partial charge in [-0.2, -0.15) is 13.2 Å². The van der Waals surface area contributed by atoms with Crippen LogP contribution in [0.3, 0.4) is 0 Å². The summed E-state index contributed by atoms with van der Waals surface area (Å²) in [5.74, 6) is -0.588. The molecule has 0 aliphatic carbocycles. The third-order valence-corrected chi connectivity index (χ3v) is 3.60. The predicted octanol–water partition coefficient (Wildman–Crippen LogP) is 2.44. The average Bonchev–Trinajstić information content (AvgIpc) is 2.38. The first-order valence-corrected chi connectivity index (χ1v) is 6.68. The molecule has 21 heavy (non-hydrogen) atoms. The zero-order chi connectivity index (χ0) is 15.8. The maximum atomic E-state index is 12.7. The van der Waals surface area contributed by atoms with Gasteiger partial charge in [-0.1, -0.05) is 0 Å². The Bertz CT molecular complexity index is 576. The van der Waals surface area contributed by atoms with Crippen LogP contribution in [0.5, 0.6) is 11.5 Å². The van der Waals surface area contributed by atoms with Gasteiger partial charge in [-0.25, -0.2) is 0 Å². The minimum atomic E-state index is -4.86. The molecule has 3 N–H and O–H groups in total. The number of rotatable bonds is 2. The number of fused-ring (bicyclic) bond motifs is 1. The van der Waals surface area contributed by atoms with Crippen molar-refractivity contribution in [3.8, 4) is 11.5 Å². The number of carbonyl (C=O) groups is 1. The molecule has 1 amide bonds. The molecule has 1 heterocycles. The topological polar surface area (TPSA) is 73.6 Å². The molecule has 1 aromatic carbocycles. The highest BCUT2D eigenvalue weighted by atomic mass is 79.9. The SMILES string of the molecule is CC(N)(C(=O)Nc1cc2c(cc1Br)OCCO2)C(F)(F)F. The molecule has 0 spiro atoms. The quantitative estimate of drug-likeness (QED) is 0.840. The average molecular weight is 369 g/mol. The van der Waals surface area contributed by atoms with E-state index in [4.69, 9.17) is 15.2 Å². The summed E-state index contributed by atoms with van der Waals surface area (Å²) < 4.78 is 49.1. The monoisotopic (exact) mass is 368 g/mol. The van der Waals surface area contributed by atoms with Gasteiger partial charge in [-0.3, -0.25) is 4.79 Å². The van der Waals surface area contributed by atoms with Gasteiger partial charge in [0.15, 0.2) is 17.0 Å². The molecular weight excluding hydrogens is 357 g/mol. The molecule has 5 nitrogen and oxygen atoms in total. The Morgan fingerprint density at radius 2 is 1.81 bits per heavy atom. The van der Waals surface area contributed by atoms with Crippen molar-refractivity contribution in [3.05, 3.63) is 16.6 Å². The summed E-state index contributed by atoms with van der Waals surface area (Å²) in [6.07, 6.45) is -4.86. The first kappa shape index (κ1) is 15.9. The lowest BCUT2D eigenvalue weighted by Crippen LogP contribution is -2.59. The number of nitrogens with two attached hydrogens (primary N) is 1. The summed E-state index contributed by atoms with van der Waals surface area (Å²) in [5, 5.41) is 2.14. The van der Waals surface area contributed by atoms with Crippen molar-refractivity contribution in [1.29, 1.82) is 0 Å². The van der Waals surface area contributed by atoms with Gasteiger partial charge in [-0.15, -0.1) is 0 Å². The fourth-order valence-electron chi connectivity index (χ4n) is 1.54. The highest BCUT2D eigenvalue weighted by molar-refractivity contribution is 9.10. The minimum Gasteiger partial charge on any atom is -0.486 e. The third kappa shape index (κ3) is 3.08. The summed E-state index contributed by atoms with van der Waals surface area (Å²) in [6.45, 7) is 1.30. The summed E-state index contributed by atoms with van der Waals surface area (Å²) in [5.41, 5.74) is 2.18. The van der Waals surface area contributed by atoms with Gasteiger partial charge in [-0.05, 0) is 22.9 Å². The van der Waals surface area contributed by atoms with E-state index in [1.54, 1.807) is 0 Å². The van der Waals surface area contributed by atoms with Crippen molar-refractivity contribution in [2.45, 2.75) is 18.6 Å². The molecule has 0 bridgehead atoms. The number of halogens is 4. The summed E-state index contributed by atoms with van der Waals surface area (Å²) >= 11 is 3.15. The number of ether oxygens (including phenoxy) is 2. The van der Waals surface area contributed by atoms with E-state index < -0.39 is 17.6 Å². The van der Waals surface area contributed by atoms with E-state index in [1.807, 2.05) is 0 Å². The van der Waals surface area contributed by atoms with Gasteiger partial charge in [0.1, 0.15) is 13.2 Å². The second-order valence-electron chi connectivity index (χ2n) is 4.63. The molecule has 1 unspecified atom stereocenters. The van der Waals surface area contributed by atoms with Gasteiger partial charge in [0.25, 0.3) is 5.91 Å². The van der Waals surface area contributed by atoms with Crippen LogP contribution in [0.1, 0.15) is 6.92 Å². The van der Waals surface area contributed by atoms with Crippen LogP contribution in [-0.2, 0) is 4.79 Å². The van der Waals surface area contributed by atoms with Gasteiger partial charge in [0, 0.05) is 16.6 Å². The molecule has 9 heteroatoms. The molecule has 1 aliphatic heterocycles. The highest BCUT2D eigenvalue weighted by Crippen LogP contribution is 2.39. The van der Waals surface area contributed by atoms with E-state index in [2.05, 4.69) is 21.2 Å². The van der Waals surface area contributed by atoms with Crippen LogP contribution in [0.25, 0.3) is 0 Å². The Morgan fingerprint density at radius 3 is 2.33 bits per heavy atom. The Balaban J connectivity index is 2.26. The van der Waals surface area contributed by atoms with Crippen LogP contribution in [0.2, 0.25) is 0 Å². The van der Waals surface area contributed by atoms with Crippen molar-refractivity contribution in [3.63, 3.8) is 0 Å². The number of nitrogens with one attached hydrogen (secondary N) is 1. The van der Waals surface area contributed by atoms with Gasteiger partial charge in [0.05, 0.1) is 5.69 Å². The molecule has 0 fully saturated rings. The number of hydrogen-bond donors (Lipinski definition) is 2. The Morgan fingerprint density at radius 1 is 1.29 bits per heavy atom. The van der Waals surface area contributed by atoms with Crippen LogP contribution in [0.15, 0.2) is 16.6 Å². The molecule has 1 atom stereocenters. The largest absolute Gasteiger partial charge is 0.486 e. The molecule has 1 aromatic rings. The first-order valence-electron chi connectivity index (χ1n) is 5.89. The Hall–Kier alpha value is -1.48. The summed E-state index contributed by atoms with van der Waals surface area (Å²) in [7, 11) is 0. The lowest BCUT2D eigenvalue weighted by atomic mass is 10.0. The van der Waals surface area contributed by atoms with Crippen molar-refractivity contribution >= 4 is 27.5 Å². The predicted molar refractivity (Wildman–Crippen MR) is 72.4 cm³/mol. The van der Waals surface area contributed by atoms with Crippen LogP contribution in [0, 0.1) is 0 Å². The van der Waals surface area contributed by atoms with E-state index in [1.165, 1.54) is 12.1 Å². The van der Waals surface area contributed by atoms with Gasteiger partial charge >= 0.3 is 6.18 Å². The fourth-order valence-corrected chi connectivity index (χ4v) is 1.96. The van der Waals surface area contributed by atoms with Crippen molar-refractivity contribution < 1.29 is 27.4 Å². The van der Waals surface area contributed by atoms with E-state index >= 15 is 0 Å². The lowest BCUT2D eigenvalue weighted by Gasteiger charge is -2.27. The molecule has 1 aliphatic rings. The fraction of sp³-hybridized carbons (Fsp3) is 0.417. The van der Waals surface area contributed by atoms with Crippen molar-refractivity contribution in [2.24, 2.45) is 5.73 Å². The molecule has 2 rings (SSSR count). The maximum absolute atomic E-state index is 12.7. The molecule has 116 valence electrons. The maximum Gasteiger partial charge on any atom is 0.415 e. The lowest BCUT2D eigenvalue weighted by molar-refractivity contribution is -0.184. The smallest absolute Gasteiger partial charge is 0.415 e. The van der Waals surface area contributed by atoms with E-state index in [-0.39, 0.29) is 5.69 Å². The second-order valence-corrected chi connectivity index (χ2v) is 5.48. The highest BCUT2D eigenvalue weighted by Gasteiger charge is 2.54. The Kier molecular flexibility index (Phi) is 4.07. The molecule has 0 saturated carbocycles. The molecule has 0 radical (unpaired) electrons. The Labute approximate surface area is 126 Å². The summed E-state index contributed by atoms with van der Waals surface area (Å²) in [6, 6.07) is 2.88. The van der Waals surface area contributed by atoms with Crippen molar-refractivity contribution in [1.82, 2.24) is 0 Å². The van der Waals surface area contributed by atoms with Gasteiger partial charge in [0.2, 0.25) is 0 Å². The van der Waals surface area contributed by atoms with Crippen LogP contribution < -0.4 is 20.5 Å².